The average molecular weight is 330 g/mol. The maximum Gasteiger partial charge on any atom is 0.243 e. The zero-order valence-electron chi connectivity index (χ0n) is 12.2. The summed E-state index contributed by atoms with van der Waals surface area (Å²) in [5.41, 5.74) is 5.62. The van der Waals surface area contributed by atoms with E-state index in [1.165, 1.54) is 23.9 Å². The highest BCUT2D eigenvalue weighted by Gasteiger charge is 2.23. The minimum Gasteiger partial charge on any atom is -0.320 e. The molecule has 7 heteroatoms. The van der Waals surface area contributed by atoms with Crippen molar-refractivity contribution in [2.24, 2.45) is 5.73 Å². The van der Waals surface area contributed by atoms with Crippen molar-refractivity contribution in [3.8, 4) is 11.8 Å². The molecule has 21 heavy (non-hydrogen) atoms. The van der Waals surface area contributed by atoms with E-state index in [2.05, 4.69) is 16.6 Å². The van der Waals surface area contributed by atoms with Gasteiger partial charge in [0.2, 0.25) is 10.0 Å². The summed E-state index contributed by atoms with van der Waals surface area (Å²) in [5, 5.41) is 0. The summed E-state index contributed by atoms with van der Waals surface area (Å²) in [5.74, 6) is 4.42. The van der Waals surface area contributed by atoms with Gasteiger partial charge in [0.1, 0.15) is 10.7 Å². The summed E-state index contributed by atoms with van der Waals surface area (Å²) in [6.45, 7) is 4.18. The summed E-state index contributed by atoms with van der Waals surface area (Å²) < 4.78 is 40.4. The van der Waals surface area contributed by atoms with E-state index in [0.29, 0.717) is 5.56 Å². The first-order chi connectivity index (χ1) is 9.72. The largest absolute Gasteiger partial charge is 0.320 e. The van der Waals surface area contributed by atoms with Gasteiger partial charge >= 0.3 is 0 Å². The van der Waals surface area contributed by atoms with Crippen molar-refractivity contribution in [3.05, 3.63) is 29.6 Å². The molecule has 0 unspecified atom stereocenters. The molecule has 0 fully saturated rings. The van der Waals surface area contributed by atoms with Crippen molar-refractivity contribution in [3.63, 3.8) is 0 Å². The van der Waals surface area contributed by atoms with E-state index in [0.717, 1.165) is 6.07 Å². The molecule has 0 radical (unpaired) electrons. The molecule has 0 saturated heterocycles. The number of thioether (sulfide) groups is 1. The number of rotatable bonds is 5. The molecule has 0 spiro atoms. The zero-order valence-corrected chi connectivity index (χ0v) is 13.9. The Morgan fingerprint density at radius 1 is 1.43 bits per heavy atom. The average Bonchev–Trinajstić information content (AvgIpc) is 2.43. The summed E-state index contributed by atoms with van der Waals surface area (Å²) in [6, 6.07) is 3.77. The Hall–Kier alpha value is -1.07. The van der Waals surface area contributed by atoms with E-state index in [1.807, 2.05) is 20.1 Å². The minimum absolute atomic E-state index is 0.160. The molecular weight excluding hydrogens is 311 g/mol. The third kappa shape index (κ3) is 5.32. The molecule has 0 aromatic heterocycles. The fraction of sp³-hybridized carbons (Fsp3) is 0.429. The fourth-order valence-electron chi connectivity index (χ4n) is 1.37. The molecule has 0 heterocycles. The number of sulfonamides is 1. The van der Waals surface area contributed by atoms with E-state index in [4.69, 9.17) is 5.73 Å². The van der Waals surface area contributed by atoms with Crippen LogP contribution < -0.4 is 10.5 Å². The molecule has 0 aliphatic heterocycles. The lowest BCUT2D eigenvalue weighted by molar-refractivity contribution is 0.550. The predicted molar refractivity (Wildman–Crippen MR) is 85.1 cm³/mol. The van der Waals surface area contributed by atoms with Gasteiger partial charge in [0, 0.05) is 16.9 Å². The van der Waals surface area contributed by atoms with Crippen molar-refractivity contribution >= 4 is 21.8 Å². The van der Waals surface area contributed by atoms with Crippen LogP contribution >= 0.6 is 11.8 Å². The Labute approximate surface area is 129 Å². The minimum atomic E-state index is -3.88. The summed E-state index contributed by atoms with van der Waals surface area (Å²) in [7, 11) is -3.88. The molecule has 0 amide bonds. The van der Waals surface area contributed by atoms with Crippen LogP contribution in [0.4, 0.5) is 4.39 Å². The number of hydrogen-bond acceptors (Lipinski definition) is 4. The van der Waals surface area contributed by atoms with Gasteiger partial charge in [-0.2, -0.15) is 11.8 Å². The summed E-state index contributed by atoms with van der Waals surface area (Å²) in [4.78, 5) is -0.377. The summed E-state index contributed by atoms with van der Waals surface area (Å²) in [6.07, 6.45) is 1.89. The van der Waals surface area contributed by atoms with Crippen LogP contribution in [0, 0.1) is 17.7 Å². The molecule has 1 aromatic rings. The van der Waals surface area contributed by atoms with Gasteiger partial charge in [0.15, 0.2) is 0 Å². The molecule has 3 N–H and O–H groups in total. The number of halogens is 1. The third-order valence-electron chi connectivity index (χ3n) is 2.80. The first kappa shape index (κ1) is 18.0. The highest BCUT2D eigenvalue weighted by molar-refractivity contribution is 8.00. The van der Waals surface area contributed by atoms with Crippen molar-refractivity contribution in [2.75, 3.05) is 19.3 Å². The van der Waals surface area contributed by atoms with Crippen LogP contribution in [0.3, 0.4) is 0 Å². The molecule has 0 aliphatic rings. The van der Waals surface area contributed by atoms with Crippen LogP contribution in [0.15, 0.2) is 23.1 Å². The van der Waals surface area contributed by atoms with Crippen LogP contribution in [0.1, 0.15) is 19.4 Å². The van der Waals surface area contributed by atoms with Crippen LogP contribution in [0.5, 0.6) is 0 Å². The Bertz CT molecular complexity index is 661. The third-order valence-corrected chi connectivity index (χ3v) is 5.48. The van der Waals surface area contributed by atoms with Crippen molar-refractivity contribution < 1.29 is 12.8 Å². The summed E-state index contributed by atoms with van der Waals surface area (Å²) >= 11 is 1.53. The molecule has 0 bridgehead atoms. The maximum absolute atomic E-state index is 14.0. The van der Waals surface area contributed by atoms with E-state index in [-0.39, 0.29) is 22.7 Å². The number of nitrogens with one attached hydrogen (secondary N) is 1. The quantitative estimate of drug-likeness (QED) is 0.804. The molecule has 116 valence electrons. The Morgan fingerprint density at radius 2 is 2.10 bits per heavy atom. The molecular formula is C14H19FN2O2S2. The molecule has 0 aliphatic carbocycles. The monoisotopic (exact) mass is 330 g/mol. The van der Waals surface area contributed by atoms with Gasteiger partial charge in [0.25, 0.3) is 0 Å². The predicted octanol–water partition coefficient (Wildman–Crippen LogP) is 1.56. The number of hydrogen-bond donors (Lipinski definition) is 2. The van der Waals surface area contributed by atoms with Gasteiger partial charge in [-0.15, -0.1) is 0 Å². The van der Waals surface area contributed by atoms with Gasteiger partial charge in [-0.3, -0.25) is 0 Å². The number of nitrogens with two attached hydrogens (primary N) is 1. The van der Waals surface area contributed by atoms with Crippen LogP contribution in [-0.4, -0.2) is 32.5 Å². The van der Waals surface area contributed by atoms with E-state index < -0.39 is 15.8 Å². The lowest BCUT2D eigenvalue weighted by Crippen LogP contribution is -2.36. The molecule has 0 atom stereocenters. The highest BCUT2D eigenvalue weighted by atomic mass is 32.2. The van der Waals surface area contributed by atoms with Gasteiger partial charge < -0.3 is 5.73 Å². The topological polar surface area (TPSA) is 72.2 Å². The van der Waals surface area contributed by atoms with Crippen molar-refractivity contribution in [1.29, 1.82) is 0 Å². The Kier molecular flexibility index (Phi) is 6.23. The van der Waals surface area contributed by atoms with Gasteiger partial charge in [0.05, 0.1) is 6.54 Å². The van der Waals surface area contributed by atoms with Crippen molar-refractivity contribution in [1.82, 2.24) is 4.72 Å². The Morgan fingerprint density at radius 3 is 2.62 bits per heavy atom. The van der Waals surface area contributed by atoms with Crippen LogP contribution in [0.25, 0.3) is 0 Å². The van der Waals surface area contributed by atoms with Crippen LogP contribution in [-0.2, 0) is 10.0 Å². The normalized spacial score (nSPS) is 11.9. The maximum atomic E-state index is 14.0. The zero-order chi connectivity index (χ0) is 16.1. The van der Waals surface area contributed by atoms with E-state index in [9.17, 15) is 12.8 Å². The first-order valence-electron chi connectivity index (χ1n) is 6.25. The fourth-order valence-corrected chi connectivity index (χ4v) is 2.95. The second kappa shape index (κ2) is 7.27. The standard InChI is InChI=1S/C14H19FN2O2S2/c1-14(2,20-3)10-17-21(18,19)13-7-6-11(5-4-8-16)9-12(13)15/h6-7,9,17H,8,10,16H2,1-3H3. The molecule has 4 nitrogen and oxygen atoms in total. The van der Waals surface area contributed by atoms with Gasteiger partial charge in [-0.05, 0) is 38.3 Å². The van der Waals surface area contributed by atoms with Crippen LogP contribution in [0.2, 0.25) is 0 Å². The smallest absolute Gasteiger partial charge is 0.243 e. The molecule has 0 saturated carbocycles. The Balaban J connectivity index is 2.99. The SMILES string of the molecule is CSC(C)(C)CNS(=O)(=O)c1ccc(C#CCN)cc1F. The highest BCUT2D eigenvalue weighted by Crippen LogP contribution is 2.21. The first-order valence-corrected chi connectivity index (χ1v) is 8.96. The van der Waals surface area contributed by atoms with Gasteiger partial charge in [-0.1, -0.05) is 11.8 Å². The van der Waals surface area contributed by atoms with E-state index >= 15 is 0 Å². The molecule has 1 aromatic carbocycles. The lowest BCUT2D eigenvalue weighted by atomic mass is 10.2. The number of benzene rings is 1. The molecule has 1 rings (SSSR count). The second-order valence-corrected chi connectivity index (χ2v) is 8.19. The van der Waals surface area contributed by atoms with Crippen molar-refractivity contribution in [2.45, 2.75) is 23.5 Å². The lowest BCUT2D eigenvalue weighted by Gasteiger charge is -2.22. The second-order valence-electron chi connectivity index (χ2n) is 4.94. The van der Waals surface area contributed by atoms with Gasteiger partial charge in [-0.25, -0.2) is 17.5 Å². The van der Waals surface area contributed by atoms with E-state index in [1.54, 1.807) is 0 Å².